The Morgan fingerprint density at radius 2 is 2.50 bits per heavy atom. The minimum Gasteiger partial charge on any atom is -0.465 e. The molecule has 0 aromatic rings. The van der Waals surface area contributed by atoms with Gasteiger partial charge in [-0.05, 0) is 13.3 Å². The molecule has 1 heterocycles. The molecule has 14 heavy (non-hydrogen) atoms. The first-order chi connectivity index (χ1) is 6.68. The molecule has 0 bridgehead atoms. The molecule has 76 valence electrons. The van der Waals surface area contributed by atoms with E-state index in [9.17, 15) is 9.59 Å². The van der Waals surface area contributed by atoms with E-state index in [1.165, 1.54) is 4.90 Å². The zero-order chi connectivity index (χ0) is 10.6. The minimum atomic E-state index is -1.14. The van der Waals surface area contributed by atoms with Crippen LogP contribution in [0.1, 0.15) is 13.3 Å². The van der Waals surface area contributed by atoms with E-state index >= 15 is 0 Å². The fraction of sp³-hybridized carbons (Fsp3) is 0.667. The monoisotopic (exact) mass is 196 g/mol. The van der Waals surface area contributed by atoms with Crippen molar-refractivity contribution in [1.82, 2.24) is 4.90 Å². The number of amides is 1. The number of likely N-dealkylation sites (tertiary alicyclic amines) is 1. The first-order valence-electron chi connectivity index (χ1n) is 4.46. The molecule has 1 unspecified atom stereocenters. The number of hydrogen-bond donors (Lipinski definition) is 0. The van der Waals surface area contributed by atoms with Crippen LogP contribution in [-0.2, 0) is 14.3 Å². The van der Waals surface area contributed by atoms with E-state index in [2.05, 4.69) is 0 Å². The number of esters is 1. The molecule has 1 aliphatic rings. The average molecular weight is 196 g/mol. The lowest BCUT2D eigenvalue weighted by atomic mass is 9.89. The van der Waals surface area contributed by atoms with Gasteiger partial charge in [-0.2, -0.15) is 5.26 Å². The summed E-state index contributed by atoms with van der Waals surface area (Å²) >= 11 is 0. The van der Waals surface area contributed by atoms with Crippen molar-refractivity contribution >= 4 is 12.4 Å². The Labute approximate surface area is 82.2 Å². The Morgan fingerprint density at radius 3 is 2.93 bits per heavy atom. The molecular weight excluding hydrogens is 184 g/mol. The van der Waals surface area contributed by atoms with Gasteiger partial charge in [0.25, 0.3) is 0 Å². The summed E-state index contributed by atoms with van der Waals surface area (Å²) in [6.07, 6.45) is 1.01. The highest BCUT2D eigenvalue weighted by Gasteiger charge is 2.46. The zero-order valence-electron chi connectivity index (χ0n) is 8.02. The van der Waals surface area contributed by atoms with E-state index < -0.39 is 11.4 Å². The SMILES string of the molecule is CCOC(=O)C1(C#N)CCN(C=O)C1. The van der Waals surface area contributed by atoms with Gasteiger partial charge in [-0.3, -0.25) is 9.59 Å². The largest absolute Gasteiger partial charge is 0.465 e. The standard InChI is InChI=1S/C9H12N2O3/c1-2-14-8(13)9(5-10)3-4-11(6-9)7-12/h7H,2-4,6H2,1H3. The summed E-state index contributed by atoms with van der Waals surface area (Å²) in [6.45, 7) is 2.53. The molecule has 0 radical (unpaired) electrons. The van der Waals surface area contributed by atoms with Gasteiger partial charge in [0.15, 0.2) is 5.41 Å². The van der Waals surface area contributed by atoms with Crippen molar-refractivity contribution in [3.8, 4) is 6.07 Å². The van der Waals surface area contributed by atoms with E-state index in [1.807, 2.05) is 6.07 Å². The Kier molecular flexibility index (Phi) is 3.07. The third-order valence-corrected chi connectivity index (χ3v) is 2.33. The van der Waals surface area contributed by atoms with Gasteiger partial charge in [0.05, 0.1) is 12.7 Å². The highest BCUT2D eigenvalue weighted by Crippen LogP contribution is 2.30. The molecule has 0 saturated carbocycles. The van der Waals surface area contributed by atoms with Crippen LogP contribution < -0.4 is 0 Å². The van der Waals surface area contributed by atoms with E-state index in [0.717, 1.165) is 0 Å². The maximum atomic E-state index is 11.5. The molecule has 0 aromatic heterocycles. The molecule has 0 aromatic carbocycles. The van der Waals surface area contributed by atoms with Crippen LogP contribution in [0.25, 0.3) is 0 Å². The quantitative estimate of drug-likeness (QED) is 0.467. The lowest BCUT2D eigenvalue weighted by Crippen LogP contribution is -2.34. The zero-order valence-corrected chi connectivity index (χ0v) is 8.02. The van der Waals surface area contributed by atoms with Crippen LogP contribution in [0.5, 0.6) is 0 Å². The Balaban J connectivity index is 2.75. The summed E-state index contributed by atoms with van der Waals surface area (Å²) in [4.78, 5) is 23.3. The Bertz CT molecular complexity index is 284. The van der Waals surface area contributed by atoms with Gasteiger partial charge in [0.2, 0.25) is 6.41 Å². The second-order valence-electron chi connectivity index (χ2n) is 3.24. The topological polar surface area (TPSA) is 70.4 Å². The summed E-state index contributed by atoms with van der Waals surface area (Å²) in [7, 11) is 0. The third-order valence-electron chi connectivity index (χ3n) is 2.33. The number of carbonyl (C=O) groups excluding carboxylic acids is 2. The van der Waals surface area contributed by atoms with Crippen molar-refractivity contribution in [3.05, 3.63) is 0 Å². The third kappa shape index (κ3) is 1.69. The highest BCUT2D eigenvalue weighted by molar-refractivity contribution is 5.81. The van der Waals surface area contributed by atoms with E-state index in [1.54, 1.807) is 6.92 Å². The van der Waals surface area contributed by atoms with Crippen molar-refractivity contribution in [1.29, 1.82) is 5.26 Å². The predicted octanol–water partition coefficient (Wildman–Crippen LogP) is -0.0784. The molecule has 0 aliphatic carbocycles. The van der Waals surface area contributed by atoms with E-state index in [0.29, 0.717) is 19.4 Å². The molecule has 1 atom stereocenters. The Hall–Kier alpha value is -1.57. The fourth-order valence-corrected chi connectivity index (χ4v) is 1.50. The summed E-state index contributed by atoms with van der Waals surface area (Å²) in [6, 6.07) is 1.95. The normalized spacial score (nSPS) is 25.6. The molecule has 5 heteroatoms. The number of hydrogen-bond acceptors (Lipinski definition) is 4. The van der Waals surface area contributed by atoms with Crippen molar-refractivity contribution < 1.29 is 14.3 Å². The van der Waals surface area contributed by atoms with Crippen LogP contribution in [0.3, 0.4) is 0 Å². The summed E-state index contributed by atoms with van der Waals surface area (Å²) in [5.74, 6) is -0.521. The number of carbonyl (C=O) groups is 2. The van der Waals surface area contributed by atoms with Gasteiger partial charge >= 0.3 is 5.97 Å². The predicted molar refractivity (Wildman–Crippen MR) is 46.9 cm³/mol. The van der Waals surface area contributed by atoms with Crippen LogP contribution in [-0.4, -0.2) is 37.0 Å². The molecule has 1 saturated heterocycles. The first-order valence-corrected chi connectivity index (χ1v) is 4.46. The van der Waals surface area contributed by atoms with E-state index in [4.69, 9.17) is 10.00 Å². The number of rotatable bonds is 3. The van der Waals surface area contributed by atoms with Gasteiger partial charge < -0.3 is 9.64 Å². The van der Waals surface area contributed by atoms with Crippen molar-refractivity contribution in [2.24, 2.45) is 5.41 Å². The minimum absolute atomic E-state index is 0.145. The van der Waals surface area contributed by atoms with Crippen LogP contribution in [0.15, 0.2) is 0 Å². The van der Waals surface area contributed by atoms with Crippen LogP contribution >= 0.6 is 0 Å². The number of nitriles is 1. The average Bonchev–Trinajstić information content (AvgIpc) is 2.63. The van der Waals surface area contributed by atoms with Crippen LogP contribution in [0.2, 0.25) is 0 Å². The molecule has 1 aliphatic heterocycles. The molecule has 1 rings (SSSR count). The number of ether oxygens (including phenoxy) is 1. The van der Waals surface area contributed by atoms with Crippen LogP contribution in [0, 0.1) is 16.7 Å². The van der Waals surface area contributed by atoms with Crippen LogP contribution in [0.4, 0.5) is 0 Å². The molecule has 5 nitrogen and oxygen atoms in total. The maximum absolute atomic E-state index is 11.5. The summed E-state index contributed by atoms with van der Waals surface area (Å²) < 4.78 is 4.81. The lowest BCUT2D eigenvalue weighted by Gasteiger charge is -2.17. The molecule has 1 amide bonds. The lowest BCUT2D eigenvalue weighted by molar-refractivity contribution is -0.151. The molecule has 1 fully saturated rings. The highest BCUT2D eigenvalue weighted by atomic mass is 16.5. The molecular formula is C9H12N2O3. The van der Waals surface area contributed by atoms with Crippen molar-refractivity contribution in [2.45, 2.75) is 13.3 Å². The summed E-state index contributed by atoms with van der Waals surface area (Å²) in [5.41, 5.74) is -1.14. The van der Waals surface area contributed by atoms with Crippen molar-refractivity contribution in [2.75, 3.05) is 19.7 Å². The number of nitrogens with zero attached hydrogens (tertiary/aromatic N) is 2. The van der Waals surface area contributed by atoms with Gasteiger partial charge in [-0.15, -0.1) is 0 Å². The second-order valence-corrected chi connectivity index (χ2v) is 3.24. The fourth-order valence-electron chi connectivity index (χ4n) is 1.50. The Morgan fingerprint density at radius 1 is 1.79 bits per heavy atom. The molecule has 0 spiro atoms. The maximum Gasteiger partial charge on any atom is 0.328 e. The van der Waals surface area contributed by atoms with Gasteiger partial charge in [0, 0.05) is 13.1 Å². The van der Waals surface area contributed by atoms with Gasteiger partial charge in [-0.25, -0.2) is 0 Å². The van der Waals surface area contributed by atoms with Crippen molar-refractivity contribution in [3.63, 3.8) is 0 Å². The van der Waals surface area contributed by atoms with Gasteiger partial charge in [-0.1, -0.05) is 0 Å². The first kappa shape index (κ1) is 10.5. The van der Waals surface area contributed by atoms with E-state index in [-0.39, 0.29) is 13.2 Å². The van der Waals surface area contributed by atoms with Gasteiger partial charge in [0.1, 0.15) is 0 Å². The summed E-state index contributed by atoms with van der Waals surface area (Å²) in [5, 5.41) is 8.93. The molecule has 0 N–H and O–H groups in total. The smallest absolute Gasteiger partial charge is 0.328 e. The second kappa shape index (κ2) is 4.09.